The summed E-state index contributed by atoms with van der Waals surface area (Å²) in [5.74, 6) is 1.74. The molecule has 0 aliphatic heterocycles. The van der Waals surface area contributed by atoms with E-state index >= 15 is 0 Å². The van der Waals surface area contributed by atoms with E-state index in [1.54, 1.807) is 6.20 Å². The number of ether oxygens (including phenoxy) is 1. The zero-order chi connectivity index (χ0) is 18.9. The lowest BCUT2D eigenvalue weighted by atomic mass is 10.1. The van der Waals surface area contributed by atoms with E-state index in [0.717, 1.165) is 44.7 Å². The van der Waals surface area contributed by atoms with Crippen molar-refractivity contribution in [2.24, 2.45) is 10.9 Å². The third-order valence-corrected chi connectivity index (χ3v) is 4.65. The van der Waals surface area contributed by atoms with Gasteiger partial charge in [0.1, 0.15) is 0 Å². The summed E-state index contributed by atoms with van der Waals surface area (Å²) < 4.78 is 7.82. The van der Waals surface area contributed by atoms with Gasteiger partial charge in [0.05, 0.1) is 19.5 Å². The van der Waals surface area contributed by atoms with Gasteiger partial charge in [-0.3, -0.25) is 0 Å². The van der Waals surface area contributed by atoms with Gasteiger partial charge >= 0.3 is 0 Å². The Hall–Kier alpha value is -1.61. The molecular formula is C21H32IN5O. The first-order chi connectivity index (χ1) is 13.2. The fraction of sp³-hybridized carbons (Fsp3) is 0.524. The van der Waals surface area contributed by atoms with Gasteiger partial charge in [0, 0.05) is 45.7 Å². The van der Waals surface area contributed by atoms with Crippen LogP contribution < -0.4 is 5.32 Å². The van der Waals surface area contributed by atoms with Crippen molar-refractivity contribution in [3.63, 3.8) is 0 Å². The summed E-state index contributed by atoms with van der Waals surface area (Å²) in [6.07, 6.45) is 8.30. The molecule has 154 valence electrons. The molecule has 1 N–H and O–H groups in total. The van der Waals surface area contributed by atoms with Crippen LogP contribution in [0.15, 0.2) is 48.0 Å². The third-order valence-electron chi connectivity index (χ3n) is 4.65. The molecule has 2 aromatic rings. The number of hydrogen-bond acceptors (Lipinski definition) is 3. The first kappa shape index (κ1) is 22.7. The summed E-state index contributed by atoms with van der Waals surface area (Å²) in [6, 6.07) is 8.58. The highest BCUT2D eigenvalue weighted by molar-refractivity contribution is 14.0. The van der Waals surface area contributed by atoms with E-state index in [4.69, 9.17) is 9.73 Å². The van der Waals surface area contributed by atoms with Crippen LogP contribution in [0.2, 0.25) is 0 Å². The minimum absolute atomic E-state index is 0. The molecule has 3 rings (SSSR count). The van der Waals surface area contributed by atoms with Gasteiger partial charge < -0.3 is 19.5 Å². The molecule has 0 spiro atoms. The maximum Gasteiger partial charge on any atom is 0.194 e. The Morgan fingerprint density at radius 1 is 1.36 bits per heavy atom. The van der Waals surface area contributed by atoms with E-state index in [-0.39, 0.29) is 24.0 Å². The average Bonchev–Trinajstić information content (AvgIpc) is 3.37. The molecule has 1 aromatic carbocycles. The number of benzene rings is 1. The molecule has 0 bridgehead atoms. The van der Waals surface area contributed by atoms with Gasteiger partial charge in [0.25, 0.3) is 0 Å². The number of rotatable bonds is 10. The van der Waals surface area contributed by atoms with Crippen LogP contribution in [0.25, 0.3) is 0 Å². The van der Waals surface area contributed by atoms with Gasteiger partial charge in [-0.05, 0) is 36.8 Å². The molecule has 1 heterocycles. The molecule has 1 aliphatic carbocycles. The molecule has 1 aliphatic rings. The number of nitrogens with one attached hydrogen (secondary N) is 1. The lowest BCUT2D eigenvalue weighted by Gasteiger charge is -2.22. The van der Waals surface area contributed by atoms with Crippen molar-refractivity contribution in [2.75, 3.05) is 33.4 Å². The summed E-state index contributed by atoms with van der Waals surface area (Å²) in [7, 11) is 2.07. The minimum atomic E-state index is 0. The van der Waals surface area contributed by atoms with E-state index in [1.807, 2.05) is 12.5 Å². The highest BCUT2D eigenvalue weighted by atomic mass is 127. The largest absolute Gasteiger partial charge is 0.379 e. The Labute approximate surface area is 185 Å². The van der Waals surface area contributed by atoms with Crippen LogP contribution in [0.5, 0.6) is 0 Å². The summed E-state index contributed by atoms with van der Waals surface area (Å²) in [5.41, 5.74) is 2.47. The molecule has 0 unspecified atom stereocenters. The van der Waals surface area contributed by atoms with Crippen LogP contribution in [0, 0.1) is 5.92 Å². The van der Waals surface area contributed by atoms with Gasteiger partial charge in [-0.15, -0.1) is 24.0 Å². The summed E-state index contributed by atoms with van der Waals surface area (Å²) in [5, 5.41) is 3.37. The molecule has 0 atom stereocenters. The van der Waals surface area contributed by atoms with Gasteiger partial charge in [-0.2, -0.15) is 0 Å². The van der Waals surface area contributed by atoms with Gasteiger partial charge in [0.15, 0.2) is 5.96 Å². The number of aliphatic imine (C=N–C) groups is 1. The van der Waals surface area contributed by atoms with E-state index < -0.39 is 0 Å². The second-order valence-electron chi connectivity index (χ2n) is 7.16. The minimum Gasteiger partial charge on any atom is -0.379 e. The Morgan fingerprint density at radius 2 is 2.18 bits per heavy atom. The van der Waals surface area contributed by atoms with Crippen LogP contribution in [0.1, 0.15) is 30.9 Å². The second kappa shape index (κ2) is 12.1. The van der Waals surface area contributed by atoms with Gasteiger partial charge in [0.2, 0.25) is 0 Å². The van der Waals surface area contributed by atoms with Crippen molar-refractivity contribution in [1.29, 1.82) is 0 Å². The van der Waals surface area contributed by atoms with E-state index in [0.29, 0.717) is 6.54 Å². The Bertz CT molecular complexity index is 715. The van der Waals surface area contributed by atoms with E-state index in [2.05, 4.69) is 58.0 Å². The first-order valence-electron chi connectivity index (χ1n) is 9.85. The molecule has 1 fully saturated rings. The van der Waals surface area contributed by atoms with Crippen molar-refractivity contribution in [2.45, 2.75) is 32.9 Å². The second-order valence-corrected chi connectivity index (χ2v) is 7.16. The lowest BCUT2D eigenvalue weighted by molar-refractivity contribution is 0.115. The molecule has 0 saturated heterocycles. The maximum absolute atomic E-state index is 5.75. The van der Waals surface area contributed by atoms with Gasteiger partial charge in [-0.1, -0.05) is 24.3 Å². The zero-order valence-electron chi connectivity index (χ0n) is 16.9. The van der Waals surface area contributed by atoms with E-state index in [1.165, 1.54) is 24.0 Å². The monoisotopic (exact) mass is 497 g/mol. The zero-order valence-corrected chi connectivity index (χ0v) is 19.2. The van der Waals surface area contributed by atoms with Crippen molar-refractivity contribution in [1.82, 2.24) is 19.8 Å². The normalized spacial score (nSPS) is 13.9. The van der Waals surface area contributed by atoms with E-state index in [9.17, 15) is 0 Å². The fourth-order valence-corrected chi connectivity index (χ4v) is 2.90. The summed E-state index contributed by atoms with van der Waals surface area (Å²) >= 11 is 0. The SMILES string of the molecule is CCNC(=NCc1cccc(Cn2ccnc2)c1)N(C)CCOCC1CC1.I. The van der Waals surface area contributed by atoms with Crippen LogP contribution in [-0.4, -0.2) is 53.8 Å². The van der Waals surface area contributed by atoms with Crippen LogP contribution in [0.3, 0.4) is 0 Å². The van der Waals surface area contributed by atoms with Crippen LogP contribution >= 0.6 is 24.0 Å². The van der Waals surface area contributed by atoms with Crippen molar-refractivity contribution < 1.29 is 4.74 Å². The Kier molecular flexibility index (Phi) is 9.77. The predicted octanol–water partition coefficient (Wildman–Crippen LogP) is 3.37. The number of guanidine groups is 1. The number of nitrogens with zero attached hydrogens (tertiary/aromatic N) is 4. The highest BCUT2D eigenvalue weighted by Gasteiger charge is 2.21. The predicted molar refractivity (Wildman–Crippen MR) is 124 cm³/mol. The first-order valence-corrected chi connectivity index (χ1v) is 9.85. The molecule has 1 aromatic heterocycles. The molecule has 1 saturated carbocycles. The summed E-state index contributed by atoms with van der Waals surface area (Å²) in [4.78, 5) is 11.1. The van der Waals surface area contributed by atoms with Gasteiger partial charge in [-0.25, -0.2) is 9.98 Å². The fourth-order valence-electron chi connectivity index (χ4n) is 2.90. The number of hydrogen-bond donors (Lipinski definition) is 1. The molecule has 0 amide bonds. The highest BCUT2D eigenvalue weighted by Crippen LogP contribution is 2.28. The standard InChI is InChI=1S/C21H31N5O.HI/c1-3-23-21(25(2)11-12-27-16-18-7-8-18)24-14-19-5-4-6-20(13-19)15-26-10-9-22-17-26;/h4-6,9-10,13,17-18H,3,7-8,11-12,14-16H2,1-2H3,(H,23,24);1H. The Balaban J connectivity index is 0.00000280. The number of halogens is 1. The smallest absolute Gasteiger partial charge is 0.194 e. The van der Waals surface area contributed by atoms with Crippen LogP contribution in [0.4, 0.5) is 0 Å². The third kappa shape index (κ3) is 7.79. The average molecular weight is 497 g/mol. The Morgan fingerprint density at radius 3 is 2.89 bits per heavy atom. The molecule has 28 heavy (non-hydrogen) atoms. The lowest BCUT2D eigenvalue weighted by Crippen LogP contribution is -2.40. The molecular weight excluding hydrogens is 465 g/mol. The maximum atomic E-state index is 5.75. The van der Waals surface area contributed by atoms with Crippen molar-refractivity contribution in [3.8, 4) is 0 Å². The number of imidazole rings is 1. The molecule has 6 nitrogen and oxygen atoms in total. The summed E-state index contributed by atoms with van der Waals surface area (Å²) in [6.45, 7) is 6.94. The van der Waals surface area contributed by atoms with Crippen molar-refractivity contribution >= 4 is 29.9 Å². The molecule has 7 heteroatoms. The quantitative estimate of drug-likeness (QED) is 0.237. The molecule has 0 radical (unpaired) electrons. The number of aromatic nitrogens is 2. The van der Waals surface area contributed by atoms with Crippen molar-refractivity contribution in [3.05, 3.63) is 54.1 Å². The van der Waals surface area contributed by atoms with Crippen LogP contribution in [-0.2, 0) is 17.8 Å². The topological polar surface area (TPSA) is 54.7 Å². The number of likely N-dealkylation sites (N-methyl/N-ethyl adjacent to an activating group) is 1.